The summed E-state index contributed by atoms with van der Waals surface area (Å²) in [5.74, 6) is 1.46. The molecule has 0 bridgehead atoms. The number of ether oxygens (including phenoxy) is 1. The lowest BCUT2D eigenvalue weighted by Gasteiger charge is -2.09. The van der Waals surface area contributed by atoms with Gasteiger partial charge in [0.25, 0.3) is 0 Å². The average molecular weight is 269 g/mol. The van der Waals surface area contributed by atoms with Gasteiger partial charge in [-0.15, -0.1) is 0 Å². The van der Waals surface area contributed by atoms with Crippen LogP contribution in [0.15, 0.2) is 42.5 Å². The van der Waals surface area contributed by atoms with Gasteiger partial charge in [0, 0.05) is 0 Å². The van der Waals surface area contributed by atoms with Gasteiger partial charge in [-0.25, -0.2) is 0 Å². The summed E-state index contributed by atoms with van der Waals surface area (Å²) in [5, 5.41) is 9.69. The normalized spacial score (nSPS) is 13.4. The fourth-order valence-electron chi connectivity index (χ4n) is 2.32. The Morgan fingerprint density at radius 3 is 2.90 bits per heavy atom. The first-order chi connectivity index (χ1) is 9.76. The summed E-state index contributed by atoms with van der Waals surface area (Å²) in [6.45, 7) is 1.06. The van der Waals surface area contributed by atoms with Crippen LogP contribution >= 0.6 is 0 Å². The predicted octanol–water partition coefficient (Wildman–Crippen LogP) is 1.20. The van der Waals surface area contributed by atoms with Gasteiger partial charge in [0.1, 0.15) is 11.5 Å². The third kappa shape index (κ3) is 2.70. The van der Waals surface area contributed by atoms with Gasteiger partial charge in [-0.1, -0.05) is 18.2 Å². The van der Waals surface area contributed by atoms with Gasteiger partial charge in [-0.05, 0) is 53.8 Å². The van der Waals surface area contributed by atoms with Gasteiger partial charge < -0.3 is 20.1 Å². The third-order valence-corrected chi connectivity index (χ3v) is 3.35. The summed E-state index contributed by atoms with van der Waals surface area (Å²) in [6, 6.07) is 13.5. The molecule has 0 radical (unpaired) electrons. The molecule has 20 heavy (non-hydrogen) atoms. The summed E-state index contributed by atoms with van der Waals surface area (Å²) in [5.41, 5.74) is 8.49. The fraction of sp³-hybridized carbons (Fsp3) is 0.200. The van der Waals surface area contributed by atoms with E-state index in [4.69, 9.17) is 15.1 Å². The van der Waals surface area contributed by atoms with E-state index in [1.165, 1.54) is 0 Å². The molecule has 102 valence electrons. The predicted molar refractivity (Wildman–Crippen MR) is 78.1 cm³/mol. The molecule has 1 aliphatic heterocycles. The molecule has 1 heterocycles. The average Bonchev–Trinajstić information content (AvgIpc) is 2.81. The van der Waals surface area contributed by atoms with Crippen molar-refractivity contribution in [3.63, 3.8) is 0 Å². The van der Waals surface area contributed by atoms with Crippen molar-refractivity contribution >= 4 is 12.6 Å². The molecule has 0 atom stereocenters. The van der Waals surface area contributed by atoms with Crippen LogP contribution in [0.1, 0.15) is 11.1 Å². The lowest BCUT2D eigenvalue weighted by Crippen LogP contribution is -2.27. The molecule has 0 unspecified atom stereocenters. The number of hydrogen-bond acceptors (Lipinski definition) is 4. The van der Waals surface area contributed by atoms with E-state index in [-0.39, 0.29) is 0 Å². The van der Waals surface area contributed by atoms with Gasteiger partial charge in [0.05, 0.1) is 6.61 Å². The third-order valence-electron chi connectivity index (χ3n) is 3.35. The molecule has 2 aromatic rings. The molecular weight excluding hydrogens is 253 g/mol. The standard InChI is InChI=1S/C15H16BNO3/c17-7-6-11-2-1-3-13(8-11)20-14-5-4-12-10-19-16(18)15(12)9-14/h1-5,8-9,18H,6-7,10,17H2. The molecular formula is C15H16BNO3. The molecule has 0 fully saturated rings. The Morgan fingerprint density at radius 1 is 1.20 bits per heavy atom. The number of benzene rings is 2. The molecule has 0 saturated carbocycles. The van der Waals surface area contributed by atoms with E-state index < -0.39 is 7.12 Å². The van der Waals surface area contributed by atoms with Gasteiger partial charge >= 0.3 is 7.12 Å². The molecule has 0 spiro atoms. The highest BCUT2D eigenvalue weighted by Gasteiger charge is 2.27. The van der Waals surface area contributed by atoms with E-state index in [0.717, 1.165) is 28.8 Å². The first-order valence-corrected chi connectivity index (χ1v) is 6.65. The van der Waals surface area contributed by atoms with E-state index in [0.29, 0.717) is 18.9 Å². The maximum atomic E-state index is 9.69. The minimum absolute atomic E-state index is 0.447. The lowest BCUT2D eigenvalue weighted by molar-refractivity contribution is 0.275. The maximum Gasteiger partial charge on any atom is 0.491 e. The summed E-state index contributed by atoms with van der Waals surface area (Å²) in [4.78, 5) is 0. The molecule has 0 amide bonds. The van der Waals surface area contributed by atoms with E-state index in [9.17, 15) is 5.02 Å². The van der Waals surface area contributed by atoms with Crippen LogP contribution in [0.4, 0.5) is 0 Å². The van der Waals surface area contributed by atoms with Crippen LogP contribution in [0.3, 0.4) is 0 Å². The lowest BCUT2D eigenvalue weighted by atomic mass is 9.79. The molecule has 1 aliphatic rings. The summed E-state index contributed by atoms with van der Waals surface area (Å²) < 4.78 is 11.0. The second-order valence-corrected chi connectivity index (χ2v) is 4.81. The van der Waals surface area contributed by atoms with Crippen LogP contribution < -0.4 is 15.9 Å². The fourth-order valence-corrected chi connectivity index (χ4v) is 2.32. The van der Waals surface area contributed by atoms with E-state index in [1.807, 2.05) is 42.5 Å². The zero-order valence-electron chi connectivity index (χ0n) is 11.1. The Labute approximate surface area is 118 Å². The van der Waals surface area contributed by atoms with Crippen molar-refractivity contribution in [1.29, 1.82) is 0 Å². The van der Waals surface area contributed by atoms with Crippen molar-refractivity contribution in [2.24, 2.45) is 5.73 Å². The topological polar surface area (TPSA) is 64.7 Å². The number of hydrogen-bond donors (Lipinski definition) is 2. The first-order valence-electron chi connectivity index (χ1n) is 6.65. The van der Waals surface area contributed by atoms with Gasteiger partial charge in [-0.3, -0.25) is 0 Å². The number of rotatable bonds is 4. The summed E-state index contributed by atoms with van der Waals surface area (Å²) in [6.07, 6.45) is 0.827. The number of fused-ring (bicyclic) bond motifs is 1. The highest BCUT2D eigenvalue weighted by atomic mass is 16.5. The van der Waals surface area contributed by atoms with Crippen molar-refractivity contribution in [3.05, 3.63) is 53.6 Å². The molecule has 3 rings (SSSR count). The Kier molecular flexibility index (Phi) is 3.73. The van der Waals surface area contributed by atoms with E-state index in [1.54, 1.807) is 0 Å². The van der Waals surface area contributed by atoms with Crippen LogP contribution in [0, 0.1) is 0 Å². The molecule has 5 heteroatoms. The van der Waals surface area contributed by atoms with E-state index >= 15 is 0 Å². The minimum Gasteiger partial charge on any atom is -0.457 e. The van der Waals surface area contributed by atoms with Crippen LogP contribution in [-0.2, 0) is 17.7 Å². The molecule has 0 aromatic heterocycles. The van der Waals surface area contributed by atoms with Gasteiger partial charge in [0.2, 0.25) is 0 Å². The Bertz CT molecular complexity index is 618. The molecule has 2 aromatic carbocycles. The largest absolute Gasteiger partial charge is 0.491 e. The summed E-state index contributed by atoms with van der Waals surface area (Å²) in [7, 11) is -0.850. The van der Waals surface area contributed by atoms with Crippen molar-refractivity contribution in [3.8, 4) is 11.5 Å². The smallest absolute Gasteiger partial charge is 0.457 e. The van der Waals surface area contributed by atoms with Gasteiger partial charge in [-0.2, -0.15) is 0 Å². The SMILES string of the molecule is NCCc1cccc(Oc2ccc3c(c2)B(O)OC3)c1. The second-order valence-electron chi connectivity index (χ2n) is 4.81. The minimum atomic E-state index is -0.850. The Hall–Kier alpha value is -1.82. The molecule has 0 aliphatic carbocycles. The van der Waals surface area contributed by atoms with Crippen LogP contribution in [-0.4, -0.2) is 18.7 Å². The van der Waals surface area contributed by atoms with Crippen LogP contribution in [0.25, 0.3) is 0 Å². The zero-order chi connectivity index (χ0) is 13.9. The molecule has 3 N–H and O–H groups in total. The van der Waals surface area contributed by atoms with Crippen molar-refractivity contribution in [1.82, 2.24) is 0 Å². The quantitative estimate of drug-likeness (QED) is 0.818. The van der Waals surface area contributed by atoms with Gasteiger partial charge in [0.15, 0.2) is 0 Å². The summed E-state index contributed by atoms with van der Waals surface area (Å²) >= 11 is 0. The monoisotopic (exact) mass is 269 g/mol. The highest BCUT2D eigenvalue weighted by Crippen LogP contribution is 2.23. The zero-order valence-corrected chi connectivity index (χ0v) is 11.1. The molecule has 0 saturated heterocycles. The van der Waals surface area contributed by atoms with Crippen molar-refractivity contribution < 1.29 is 14.4 Å². The Morgan fingerprint density at radius 2 is 2.05 bits per heavy atom. The molecule has 4 nitrogen and oxygen atoms in total. The van der Waals surface area contributed by atoms with Crippen LogP contribution in [0.2, 0.25) is 0 Å². The van der Waals surface area contributed by atoms with E-state index in [2.05, 4.69) is 0 Å². The van der Waals surface area contributed by atoms with Crippen molar-refractivity contribution in [2.45, 2.75) is 13.0 Å². The second kappa shape index (κ2) is 5.67. The van der Waals surface area contributed by atoms with Crippen molar-refractivity contribution in [2.75, 3.05) is 6.54 Å². The first kappa shape index (κ1) is 13.2. The Balaban J connectivity index is 1.81. The maximum absolute atomic E-state index is 9.69. The van der Waals surface area contributed by atoms with Crippen LogP contribution in [0.5, 0.6) is 11.5 Å². The number of nitrogens with two attached hydrogens (primary N) is 1. The highest BCUT2D eigenvalue weighted by molar-refractivity contribution is 6.61.